The van der Waals surface area contributed by atoms with Crippen molar-refractivity contribution in [3.63, 3.8) is 0 Å². The summed E-state index contributed by atoms with van der Waals surface area (Å²) >= 11 is 0. The SMILES string of the molecule is Cn1ccc(S(=O)(=O)NCCCCCCO)c1. The van der Waals surface area contributed by atoms with E-state index >= 15 is 0 Å². The van der Waals surface area contributed by atoms with E-state index in [-0.39, 0.29) is 6.61 Å². The van der Waals surface area contributed by atoms with Gasteiger partial charge in [-0.15, -0.1) is 0 Å². The molecule has 0 bridgehead atoms. The van der Waals surface area contributed by atoms with E-state index in [4.69, 9.17) is 5.11 Å². The molecule has 0 aliphatic carbocycles. The van der Waals surface area contributed by atoms with Crippen LogP contribution in [-0.2, 0) is 17.1 Å². The molecule has 0 aliphatic rings. The van der Waals surface area contributed by atoms with Crippen LogP contribution in [0.4, 0.5) is 0 Å². The van der Waals surface area contributed by atoms with Crippen LogP contribution in [0.3, 0.4) is 0 Å². The minimum atomic E-state index is -3.35. The summed E-state index contributed by atoms with van der Waals surface area (Å²) in [5, 5.41) is 8.59. The number of nitrogens with one attached hydrogen (secondary N) is 1. The molecule has 5 nitrogen and oxygen atoms in total. The third-order valence-corrected chi connectivity index (χ3v) is 3.94. The topological polar surface area (TPSA) is 71.3 Å². The van der Waals surface area contributed by atoms with Gasteiger partial charge in [0.15, 0.2) is 0 Å². The molecular weight excluding hydrogens is 240 g/mol. The van der Waals surface area contributed by atoms with Crippen LogP contribution in [-0.4, -0.2) is 31.2 Å². The number of aryl methyl sites for hydroxylation is 1. The number of aromatic nitrogens is 1. The highest BCUT2D eigenvalue weighted by atomic mass is 32.2. The first-order valence-electron chi connectivity index (χ1n) is 5.79. The minimum absolute atomic E-state index is 0.204. The van der Waals surface area contributed by atoms with Crippen LogP contribution in [0.25, 0.3) is 0 Å². The molecular formula is C11H20N2O3S. The lowest BCUT2D eigenvalue weighted by molar-refractivity contribution is 0.282. The highest BCUT2D eigenvalue weighted by molar-refractivity contribution is 7.89. The van der Waals surface area contributed by atoms with Crippen molar-refractivity contribution in [1.29, 1.82) is 0 Å². The Labute approximate surface area is 103 Å². The van der Waals surface area contributed by atoms with Gasteiger partial charge >= 0.3 is 0 Å². The molecule has 6 heteroatoms. The summed E-state index contributed by atoms with van der Waals surface area (Å²) in [6.07, 6.45) is 6.73. The molecule has 1 aromatic rings. The summed E-state index contributed by atoms with van der Waals surface area (Å²) in [6, 6.07) is 1.58. The maximum Gasteiger partial charge on any atom is 0.242 e. The first kappa shape index (κ1) is 14.2. The zero-order valence-electron chi connectivity index (χ0n) is 10.1. The van der Waals surface area contributed by atoms with E-state index in [0.29, 0.717) is 11.4 Å². The third kappa shape index (κ3) is 4.89. The van der Waals surface area contributed by atoms with Crippen molar-refractivity contribution in [3.8, 4) is 0 Å². The molecule has 0 aliphatic heterocycles. The van der Waals surface area contributed by atoms with Crippen molar-refractivity contribution in [1.82, 2.24) is 9.29 Å². The Balaban J connectivity index is 2.31. The van der Waals surface area contributed by atoms with Crippen molar-refractivity contribution in [2.75, 3.05) is 13.2 Å². The van der Waals surface area contributed by atoms with Gasteiger partial charge in [0.05, 0.1) is 4.90 Å². The number of hydrogen-bond donors (Lipinski definition) is 2. The van der Waals surface area contributed by atoms with Crippen molar-refractivity contribution in [2.45, 2.75) is 30.6 Å². The van der Waals surface area contributed by atoms with Crippen LogP contribution in [0, 0.1) is 0 Å². The van der Waals surface area contributed by atoms with Crippen molar-refractivity contribution in [3.05, 3.63) is 18.5 Å². The van der Waals surface area contributed by atoms with Crippen LogP contribution in [0.2, 0.25) is 0 Å². The molecule has 2 N–H and O–H groups in total. The zero-order chi connectivity index (χ0) is 12.7. The molecule has 98 valence electrons. The van der Waals surface area contributed by atoms with Gasteiger partial charge in [0.1, 0.15) is 0 Å². The van der Waals surface area contributed by atoms with Gasteiger partial charge in [-0.05, 0) is 18.9 Å². The standard InChI is InChI=1S/C11H20N2O3S/c1-13-8-6-11(10-13)17(15,16)12-7-4-2-3-5-9-14/h6,8,10,12,14H,2-5,7,9H2,1H3. The molecule has 0 fully saturated rings. The fourth-order valence-electron chi connectivity index (χ4n) is 1.52. The molecule has 0 saturated heterocycles. The van der Waals surface area contributed by atoms with Gasteiger partial charge in [-0.2, -0.15) is 0 Å². The number of rotatable bonds is 8. The van der Waals surface area contributed by atoms with E-state index in [9.17, 15) is 8.42 Å². The molecule has 0 aromatic carbocycles. The fourth-order valence-corrected chi connectivity index (χ4v) is 2.64. The molecule has 1 heterocycles. The summed E-state index contributed by atoms with van der Waals surface area (Å²) in [4.78, 5) is 0.301. The number of sulfonamides is 1. The molecule has 0 atom stereocenters. The monoisotopic (exact) mass is 260 g/mol. The van der Waals surface area contributed by atoms with Crippen LogP contribution in [0.5, 0.6) is 0 Å². The van der Waals surface area contributed by atoms with Crippen LogP contribution >= 0.6 is 0 Å². The number of unbranched alkanes of at least 4 members (excludes halogenated alkanes) is 3. The van der Waals surface area contributed by atoms with Gasteiger partial charge in [-0.3, -0.25) is 0 Å². The second-order valence-corrected chi connectivity index (χ2v) is 5.82. The van der Waals surface area contributed by atoms with E-state index in [0.717, 1.165) is 25.7 Å². The molecule has 1 rings (SSSR count). The molecule has 17 heavy (non-hydrogen) atoms. The van der Waals surface area contributed by atoms with E-state index in [2.05, 4.69) is 4.72 Å². The molecule has 0 amide bonds. The van der Waals surface area contributed by atoms with Gasteiger partial charge in [0.2, 0.25) is 10.0 Å². The fraction of sp³-hybridized carbons (Fsp3) is 0.636. The van der Waals surface area contributed by atoms with Gasteiger partial charge < -0.3 is 9.67 Å². The maximum atomic E-state index is 11.8. The van der Waals surface area contributed by atoms with Crippen LogP contribution in [0.15, 0.2) is 23.4 Å². The number of aliphatic hydroxyl groups is 1. The van der Waals surface area contributed by atoms with Crippen LogP contribution < -0.4 is 4.72 Å². The quantitative estimate of drug-likeness (QED) is 0.681. The summed E-state index contributed by atoms with van der Waals surface area (Å²) in [5.41, 5.74) is 0. The predicted octanol–water partition coefficient (Wildman–Crippen LogP) is 0.856. The Bertz CT molecular complexity index is 426. The Hall–Kier alpha value is -0.850. The van der Waals surface area contributed by atoms with Gasteiger partial charge in [-0.1, -0.05) is 12.8 Å². The maximum absolute atomic E-state index is 11.8. The summed E-state index contributed by atoms with van der Waals surface area (Å²) < 4.78 is 27.8. The van der Waals surface area contributed by atoms with Crippen molar-refractivity contribution < 1.29 is 13.5 Å². The molecule has 0 radical (unpaired) electrons. The number of hydrogen-bond acceptors (Lipinski definition) is 3. The minimum Gasteiger partial charge on any atom is -0.396 e. The summed E-state index contributed by atoms with van der Waals surface area (Å²) in [7, 11) is -1.57. The average molecular weight is 260 g/mol. The van der Waals surface area contributed by atoms with E-state index in [1.165, 1.54) is 0 Å². The zero-order valence-corrected chi connectivity index (χ0v) is 10.9. The van der Waals surface area contributed by atoms with E-state index in [1.54, 1.807) is 30.1 Å². The molecule has 0 spiro atoms. The summed E-state index contributed by atoms with van der Waals surface area (Å²) in [5.74, 6) is 0. The van der Waals surface area contributed by atoms with E-state index < -0.39 is 10.0 Å². The molecule has 0 unspecified atom stereocenters. The number of nitrogens with zero attached hydrogens (tertiary/aromatic N) is 1. The van der Waals surface area contributed by atoms with Crippen LogP contribution in [0.1, 0.15) is 25.7 Å². The number of aliphatic hydroxyl groups excluding tert-OH is 1. The predicted molar refractivity (Wildman–Crippen MR) is 66.2 cm³/mol. The van der Waals surface area contributed by atoms with Crippen molar-refractivity contribution >= 4 is 10.0 Å². The van der Waals surface area contributed by atoms with Gasteiger partial charge in [0.25, 0.3) is 0 Å². The average Bonchev–Trinajstić information content (AvgIpc) is 2.71. The first-order valence-corrected chi connectivity index (χ1v) is 7.27. The second-order valence-electron chi connectivity index (χ2n) is 4.05. The second kappa shape index (κ2) is 6.78. The lowest BCUT2D eigenvalue weighted by Crippen LogP contribution is -2.24. The van der Waals surface area contributed by atoms with E-state index in [1.807, 2.05) is 0 Å². The largest absolute Gasteiger partial charge is 0.396 e. The lowest BCUT2D eigenvalue weighted by atomic mass is 10.2. The van der Waals surface area contributed by atoms with Gasteiger partial charge in [0, 0.05) is 32.6 Å². The lowest BCUT2D eigenvalue weighted by Gasteiger charge is -2.04. The summed E-state index contributed by atoms with van der Waals surface area (Å²) in [6.45, 7) is 0.651. The highest BCUT2D eigenvalue weighted by Gasteiger charge is 2.13. The normalized spacial score (nSPS) is 11.9. The Morgan fingerprint density at radius 1 is 1.29 bits per heavy atom. The van der Waals surface area contributed by atoms with Gasteiger partial charge in [-0.25, -0.2) is 13.1 Å². The smallest absolute Gasteiger partial charge is 0.242 e. The Kier molecular flexibility index (Phi) is 5.67. The molecule has 1 aromatic heterocycles. The highest BCUT2D eigenvalue weighted by Crippen LogP contribution is 2.08. The first-order chi connectivity index (χ1) is 8.06. The molecule has 0 saturated carbocycles. The Morgan fingerprint density at radius 2 is 2.00 bits per heavy atom. The van der Waals surface area contributed by atoms with Crippen molar-refractivity contribution in [2.24, 2.45) is 7.05 Å². The third-order valence-electron chi connectivity index (χ3n) is 2.49. The Morgan fingerprint density at radius 3 is 2.59 bits per heavy atom.